The van der Waals surface area contributed by atoms with E-state index in [9.17, 15) is 4.39 Å². The summed E-state index contributed by atoms with van der Waals surface area (Å²) >= 11 is 0. The third-order valence-electron chi connectivity index (χ3n) is 2.27. The molecule has 0 saturated heterocycles. The van der Waals surface area contributed by atoms with Crippen LogP contribution in [0.15, 0.2) is 23.2 Å². The van der Waals surface area contributed by atoms with Crippen molar-refractivity contribution in [3.05, 3.63) is 35.1 Å². The van der Waals surface area contributed by atoms with Gasteiger partial charge in [0.1, 0.15) is 18.5 Å². The fraction of sp³-hybridized carbons (Fsp3) is 0.300. The Morgan fingerprint density at radius 1 is 1.57 bits per heavy atom. The zero-order valence-corrected chi connectivity index (χ0v) is 7.83. The second-order valence-corrected chi connectivity index (χ2v) is 3.30. The van der Waals surface area contributed by atoms with Crippen molar-refractivity contribution >= 4 is 6.02 Å². The molecule has 3 nitrogen and oxygen atoms in total. The molecule has 0 spiro atoms. The molecule has 0 bridgehead atoms. The van der Waals surface area contributed by atoms with Crippen molar-refractivity contribution in [2.75, 3.05) is 6.61 Å². The third-order valence-corrected chi connectivity index (χ3v) is 2.27. The van der Waals surface area contributed by atoms with E-state index in [1.165, 1.54) is 12.1 Å². The molecule has 1 aliphatic rings. The number of nitrogens with two attached hydrogens (primary N) is 1. The van der Waals surface area contributed by atoms with E-state index in [0.29, 0.717) is 6.61 Å². The fourth-order valence-corrected chi connectivity index (χ4v) is 1.52. The number of nitrogens with zero attached hydrogens (tertiary/aromatic N) is 1. The van der Waals surface area contributed by atoms with E-state index in [4.69, 9.17) is 10.5 Å². The number of ether oxygens (including phenoxy) is 1. The number of amidine groups is 1. The summed E-state index contributed by atoms with van der Waals surface area (Å²) in [4.78, 5) is 4.07. The summed E-state index contributed by atoms with van der Waals surface area (Å²) in [7, 11) is 0. The monoisotopic (exact) mass is 194 g/mol. The van der Waals surface area contributed by atoms with Crippen LogP contribution in [0.4, 0.5) is 4.39 Å². The highest BCUT2D eigenvalue weighted by Gasteiger charge is 2.20. The highest BCUT2D eigenvalue weighted by molar-refractivity contribution is 5.73. The highest BCUT2D eigenvalue weighted by Crippen LogP contribution is 2.25. The predicted molar refractivity (Wildman–Crippen MR) is 51.5 cm³/mol. The Hall–Kier alpha value is -1.58. The van der Waals surface area contributed by atoms with E-state index in [1.54, 1.807) is 6.07 Å². The van der Waals surface area contributed by atoms with Crippen LogP contribution in [0.25, 0.3) is 0 Å². The Kier molecular flexibility index (Phi) is 2.11. The number of aliphatic imine (C=N–C) groups is 1. The van der Waals surface area contributed by atoms with Gasteiger partial charge < -0.3 is 10.5 Å². The van der Waals surface area contributed by atoms with Gasteiger partial charge in [0.15, 0.2) is 0 Å². The lowest BCUT2D eigenvalue weighted by molar-refractivity contribution is 0.314. The van der Waals surface area contributed by atoms with Crippen LogP contribution in [-0.4, -0.2) is 12.6 Å². The van der Waals surface area contributed by atoms with Crippen LogP contribution in [0, 0.1) is 12.7 Å². The van der Waals surface area contributed by atoms with Gasteiger partial charge >= 0.3 is 0 Å². The number of rotatable bonds is 1. The lowest BCUT2D eigenvalue weighted by atomic mass is 10.0. The lowest BCUT2D eigenvalue weighted by Gasteiger charge is -2.08. The molecule has 2 rings (SSSR count). The number of hydrogen-bond acceptors (Lipinski definition) is 3. The van der Waals surface area contributed by atoms with Gasteiger partial charge in [-0.15, -0.1) is 0 Å². The molecule has 1 atom stereocenters. The van der Waals surface area contributed by atoms with Crippen LogP contribution in [0.3, 0.4) is 0 Å². The van der Waals surface area contributed by atoms with Crippen molar-refractivity contribution in [2.45, 2.75) is 13.0 Å². The van der Waals surface area contributed by atoms with Crippen molar-refractivity contribution in [1.29, 1.82) is 0 Å². The quantitative estimate of drug-likeness (QED) is 0.736. The minimum absolute atomic E-state index is 0.161. The van der Waals surface area contributed by atoms with Crippen molar-refractivity contribution in [2.24, 2.45) is 10.7 Å². The van der Waals surface area contributed by atoms with Gasteiger partial charge in [-0.25, -0.2) is 9.38 Å². The van der Waals surface area contributed by atoms with Crippen molar-refractivity contribution in [3.8, 4) is 0 Å². The van der Waals surface area contributed by atoms with Crippen LogP contribution < -0.4 is 5.73 Å². The Morgan fingerprint density at radius 2 is 2.36 bits per heavy atom. The normalized spacial score (nSPS) is 20.4. The van der Waals surface area contributed by atoms with Crippen LogP contribution in [0.2, 0.25) is 0 Å². The number of benzene rings is 1. The minimum Gasteiger partial charge on any atom is -0.463 e. The van der Waals surface area contributed by atoms with Crippen molar-refractivity contribution in [3.63, 3.8) is 0 Å². The molecule has 0 radical (unpaired) electrons. The maximum Gasteiger partial charge on any atom is 0.282 e. The third kappa shape index (κ3) is 1.55. The molecule has 1 heterocycles. The molecule has 1 aromatic rings. The molecule has 0 aliphatic carbocycles. The Bertz CT molecular complexity index is 390. The molecule has 74 valence electrons. The van der Waals surface area contributed by atoms with Crippen LogP contribution in [0.1, 0.15) is 17.2 Å². The number of aryl methyl sites for hydroxylation is 1. The second kappa shape index (κ2) is 3.29. The molecular weight excluding hydrogens is 183 g/mol. The summed E-state index contributed by atoms with van der Waals surface area (Å²) < 4.78 is 18.0. The van der Waals surface area contributed by atoms with Crippen molar-refractivity contribution < 1.29 is 9.13 Å². The first kappa shape index (κ1) is 8.99. The predicted octanol–water partition coefficient (Wildman–Crippen LogP) is 1.52. The molecule has 14 heavy (non-hydrogen) atoms. The molecule has 0 amide bonds. The van der Waals surface area contributed by atoms with Gasteiger partial charge in [0.2, 0.25) is 0 Å². The summed E-state index contributed by atoms with van der Waals surface area (Å²) in [5.74, 6) is -0.258. The summed E-state index contributed by atoms with van der Waals surface area (Å²) in [6.07, 6.45) is 0. The first-order chi connectivity index (χ1) is 6.66. The zero-order chi connectivity index (χ0) is 10.1. The number of halogens is 1. The summed E-state index contributed by atoms with van der Waals surface area (Å²) in [5.41, 5.74) is 7.22. The van der Waals surface area contributed by atoms with Crippen LogP contribution >= 0.6 is 0 Å². The fourth-order valence-electron chi connectivity index (χ4n) is 1.52. The smallest absolute Gasteiger partial charge is 0.282 e. The Balaban J connectivity index is 2.36. The van der Waals surface area contributed by atoms with Crippen LogP contribution in [0.5, 0.6) is 0 Å². The van der Waals surface area contributed by atoms with E-state index < -0.39 is 0 Å². The zero-order valence-electron chi connectivity index (χ0n) is 7.83. The van der Waals surface area contributed by atoms with Gasteiger partial charge in [-0.2, -0.15) is 0 Å². The average molecular weight is 194 g/mol. The second-order valence-electron chi connectivity index (χ2n) is 3.30. The standard InChI is InChI=1S/C10H11FN2O/c1-6-2-3-7(11)4-8(6)9-5-14-10(12)13-9/h2-4,9H,5H2,1H3,(H2,12,13)/t9-/m1/s1. The van der Waals surface area contributed by atoms with E-state index in [1.807, 2.05) is 6.92 Å². The summed E-state index contributed by atoms with van der Waals surface area (Å²) in [6, 6.07) is 4.66. The maximum atomic E-state index is 13.0. The SMILES string of the molecule is Cc1ccc(F)cc1[C@H]1COC(N)=N1. The molecule has 0 aromatic heterocycles. The minimum atomic E-state index is -0.258. The Labute approximate surface area is 81.4 Å². The molecule has 2 N–H and O–H groups in total. The largest absolute Gasteiger partial charge is 0.463 e. The molecule has 0 saturated carbocycles. The van der Waals surface area contributed by atoms with Gasteiger partial charge in [-0.1, -0.05) is 6.07 Å². The van der Waals surface area contributed by atoms with Gasteiger partial charge in [0.05, 0.1) is 0 Å². The van der Waals surface area contributed by atoms with E-state index in [2.05, 4.69) is 4.99 Å². The molecule has 1 aliphatic heterocycles. The van der Waals surface area contributed by atoms with Crippen molar-refractivity contribution in [1.82, 2.24) is 0 Å². The topological polar surface area (TPSA) is 47.6 Å². The first-order valence-electron chi connectivity index (χ1n) is 4.39. The summed E-state index contributed by atoms with van der Waals surface area (Å²) in [6.45, 7) is 2.31. The van der Waals surface area contributed by atoms with Gasteiger partial charge in [-0.3, -0.25) is 0 Å². The molecule has 1 aromatic carbocycles. The van der Waals surface area contributed by atoms with E-state index in [0.717, 1.165) is 11.1 Å². The van der Waals surface area contributed by atoms with E-state index >= 15 is 0 Å². The lowest BCUT2D eigenvalue weighted by Crippen LogP contribution is -2.10. The molecule has 0 unspecified atom stereocenters. The Morgan fingerprint density at radius 3 is 3.00 bits per heavy atom. The van der Waals surface area contributed by atoms with Gasteiger partial charge in [0, 0.05) is 0 Å². The molecular formula is C10H11FN2O. The van der Waals surface area contributed by atoms with Gasteiger partial charge in [0.25, 0.3) is 6.02 Å². The molecule has 4 heteroatoms. The van der Waals surface area contributed by atoms with Crippen LogP contribution in [-0.2, 0) is 4.74 Å². The van der Waals surface area contributed by atoms with E-state index in [-0.39, 0.29) is 17.9 Å². The summed E-state index contributed by atoms with van der Waals surface area (Å²) in [5, 5.41) is 0. The molecule has 0 fully saturated rings. The van der Waals surface area contributed by atoms with Gasteiger partial charge in [-0.05, 0) is 30.2 Å². The maximum absolute atomic E-state index is 13.0. The first-order valence-corrected chi connectivity index (χ1v) is 4.39. The average Bonchev–Trinajstić information content (AvgIpc) is 2.56. The number of hydrogen-bond donors (Lipinski definition) is 1. The highest BCUT2D eigenvalue weighted by atomic mass is 19.1.